The van der Waals surface area contributed by atoms with Crippen LogP contribution in [0.25, 0.3) is 10.8 Å². The van der Waals surface area contributed by atoms with Gasteiger partial charge in [0.2, 0.25) is 36.1 Å². The van der Waals surface area contributed by atoms with Crippen LogP contribution in [0.5, 0.6) is 11.5 Å². The molecule has 6 aliphatic heterocycles. The molecule has 6 heterocycles. The number of hydrogen-bond donors (Lipinski definition) is 24. The molecule has 0 saturated carbocycles. The fourth-order valence-corrected chi connectivity index (χ4v) is 12.9. The number of carbonyl (C=O) groups excluding carboxylic acids is 4. The van der Waals surface area contributed by atoms with Gasteiger partial charge >= 0.3 is 17.8 Å². The minimum Gasteiger partial charge on any atom is -0.858 e. The van der Waals surface area contributed by atoms with Gasteiger partial charge in [-0.05, 0) is 46.2 Å². The molecule has 0 bridgehead atoms. The number of amides is 4. The normalized spacial score (nSPS) is 34.5. The number of ether oxygens (including phenoxy) is 7. The molecule has 4 amide bonds. The van der Waals surface area contributed by atoms with Gasteiger partial charge in [0.1, 0.15) is 140 Å². The fourth-order valence-electron chi connectivity index (χ4n) is 12.9. The highest BCUT2D eigenvalue weighted by Crippen LogP contribution is 2.33. The number of hydrogen-bond acceptors (Lipinski definition) is 30. The van der Waals surface area contributed by atoms with Crippen LogP contribution >= 0.6 is 0 Å². The molecule has 3 fully saturated rings. The summed E-state index contributed by atoms with van der Waals surface area (Å²) in [6, 6.07) is 13.8. The highest BCUT2D eigenvalue weighted by molar-refractivity contribution is 5.97. The van der Waals surface area contributed by atoms with Crippen molar-refractivity contribution in [2.24, 2.45) is 16.5 Å². The van der Waals surface area contributed by atoms with Crippen molar-refractivity contribution >= 4 is 58.1 Å². The number of carbonyl (C=O) groups is 4. The summed E-state index contributed by atoms with van der Waals surface area (Å²) >= 11 is 0. The summed E-state index contributed by atoms with van der Waals surface area (Å²) in [5, 5.41) is 186. The number of rotatable bonds is 21. The second-order valence-corrected chi connectivity index (χ2v) is 25.6. The zero-order valence-electron chi connectivity index (χ0n) is 55.2. The first-order chi connectivity index (χ1) is 49.3. The molecule has 0 aromatic heterocycles. The lowest BCUT2D eigenvalue weighted by molar-refractivity contribution is -0.663. The van der Waals surface area contributed by atoms with Gasteiger partial charge in [-0.1, -0.05) is 79.7 Å². The van der Waals surface area contributed by atoms with Crippen molar-refractivity contribution in [2.75, 3.05) is 52.9 Å². The highest BCUT2D eigenvalue weighted by atomic mass is 16.8. The number of fused-ring (bicyclic) bond motifs is 1. The predicted octanol–water partition coefficient (Wildman–Crippen LogP) is -14.5. The van der Waals surface area contributed by atoms with Crippen molar-refractivity contribution in [1.82, 2.24) is 31.9 Å². The van der Waals surface area contributed by atoms with E-state index in [1.54, 1.807) is 49.4 Å². The summed E-state index contributed by atoms with van der Waals surface area (Å²) < 4.78 is 42.1. The maximum Gasteiger partial charge on any atom is 0.358 e. The third-order valence-corrected chi connectivity index (χ3v) is 18.8. The molecule has 4 aromatic carbocycles. The van der Waals surface area contributed by atoms with Gasteiger partial charge in [-0.2, -0.15) is 0 Å². The molecule has 38 heteroatoms. The number of aliphatic hydroxyl groups is 14. The molecule has 6 aliphatic rings. The molecule has 0 radical (unpaired) electrons. The van der Waals surface area contributed by atoms with Gasteiger partial charge < -0.3 is 131 Å². The maximum atomic E-state index is 15.2. The Morgan fingerprint density at radius 2 is 1.24 bits per heavy atom. The van der Waals surface area contributed by atoms with Crippen LogP contribution in [0.2, 0.25) is 0 Å². The zero-order valence-corrected chi connectivity index (χ0v) is 55.2. The summed E-state index contributed by atoms with van der Waals surface area (Å²) in [6.07, 6.45) is -31.0. The molecule has 103 heavy (non-hydrogen) atoms. The number of aliphatic imine (C=N–C) groups is 1. The van der Waals surface area contributed by atoms with Crippen LogP contribution in [0, 0.1) is 0 Å². The molecule has 25 atom stereocenters. The summed E-state index contributed by atoms with van der Waals surface area (Å²) in [7, 11) is 0. The maximum absolute atomic E-state index is 15.2. The lowest BCUT2D eigenvalue weighted by atomic mass is 9.92. The lowest BCUT2D eigenvalue weighted by Gasteiger charge is -2.46. The molecule has 0 aliphatic carbocycles. The number of aliphatic hydroxyl groups excluding tert-OH is 14. The first kappa shape index (κ1) is 77.0. The minimum atomic E-state index is -2.30. The average molecular weight is 1450 g/mol. The van der Waals surface area contributed by atoms with E-state index in [4.69, 9.17) is 44.6 Å². The third kappa shape index (κ3) is 17.6. The molecule has 1 unspecified atom stereocenters. The van der Waals surface area contributed by atoms with Crippen LogP contribution in [0.1, 0.15) is 24.0 Å². The standard InChI is InChI=1S/C65H86N12O26/c1-27(29-7-3-2-4-8-29)42-58(94)71-34(17-28-11-14-32(15-12-28)99-62-53(91)51(89)54(40(25-81)102-62)103-63-55(50(88)48(86)39(24-80)101-63)98-26-97-33-16-13-30-9-5-6-10-31(30)18-33)57(93)75-43(45(83)35-19-69-64(66)73-35)60(96)76-44(59(95)72-36(22-78)56(92)68-21-41(82)74-42)46(84)37-20-70-65(67)77(37)61-52(90)49(87)47(85)38(23-79)100-61/h2-16,18,27,34-40,42-55,61-63,78-81,83-91H,17,19-26H2,1H3,(H11,66,67,68,69,70,71,72,73,74,75,76,82,92,93,94,95,96)/p+2/t27-,34-,35+,36?,37+,38+,39+,40-,42-,43+,44-,45-,46-,47+,48+,49+,50+,51+,52+,53-,54+,55+,61-,62-,63+/m1/s1. The van der Waals surface area contributed by atoms with E-state index in [-0.39, 0.29) is 29.8 Å². The van der Waals surface area contributed by atoms with Crippen LogP contribution in [0.3, 0.4) is 0 Å². The van der Waals surface area contributed by atoms with E-state index in [0.29, 0.717) is 11.3 Å². The Morgan fingerprint density at radius 1 is 0.631 bits per heavy atom. The van der Waals surface area contributed by atoms with Crippen molar-refractivity contribution in [3.05, 3.63) is 108 Å². The number of nitrogens with two attached hydrogens (primary N) is 2. The van der Waals surface area contributed by atoms with Gasteiger partial charge in [-0.25, -0.2) is 9.57 Å². The van der Waals surface area contributed by atoms with E-state index in [0.717, 1.165) is 15.3 Å². The molecule has 10 rings (SSSR count). The Kier molecular flexibility index (Phi) is 25.7. The molecule has 38 nitrogen and oxygen atoms in total. The van der Waals surface area contributed by atoms with Crippen molar-refractivity contribution < 1.29 is 143 Å². The summed E-state index contributed by atoms with van der Waals surface area (Å²) in [6.45, 7) is -4.15. The minimum absolute atomic E-state index is 0.0661. The Hall–Kier alpha value is -8.62. The molecular weight excluding hydrogens is 1360 g/mol. The molecule has 26 N–H and O–H groups in total. The number of nitrogens with zero attached hydrogens (tertiary/aromatic N) is 2. The smallest absolute Gasteiger partial charge is 0.358 e. The van der Waals surface area contributed by atoms with E-state index in [9.17, 15) is 86.2 Å². The van der Waals surface area contributed by atoms with Gasteiger partial charge in [-0.3, -0.25) is 51.3 Å². The fraction of sp³-hybridized carbons (Fsp3) is 0.538. The largest absolute Gasteiger partial charge is 0.858 e. The van der Waals surface area contributed by atoms with Crippen molar-refractivity contribution in [3.8, 4) is 11.5 Å². The summed E-state index contributed by atoms with van der Waals surface area (Å²) in [4.78, 5) is 69.3. The van der Waals surface area contributed by atoms with Gasteiger partial charge in [0.15, 0.2) is 25.7 Å². The van der Waals surface area contributed by atoms with Crippen LogP contribution in [-0.2, 0) is 49.3 Å². The van der Waals surface area contributed by atoms with E-state index in [1.165, 1.54) is 24.3 Å². The van der Waals surface area contributed by atoms with Gasteiger partial charge in [-0.15, -0.1) is 0 Å². The van der Waals surface area contributed by atoms with Crippen LogP contribution < -0.4 is 67.9 Å². The number of benzene rings is 4. The number of nitrogens with one attached hydrogen (secondary N) is 8. The highest BCUT2D eigenvalue weighted by Gasteiger charge is 2.55. The molecule has 562 valence electrons. The molecular formula is C65H88N12O26+2. The first-order valence-corrected chi connectivity index (χ1v) is 33.1. The second-order valence-electron chi connectivity index (χ2n) is 25.6. The van der Waals surface area contributed by atoms with Gasteiger partial charge in [0, 0.05) is 18.2 Å². The van der Waals surface area contributed by atoms with E-state index in [1.807, 2.05) is 30.3 Å². The van der Waals surface area contributed by atoms with Crippen molar-refractivity contribution in [1.29, 1.82) is 0 Å². The molecule has 0 spiro atoms. The van der Waals surface area contributed by atoms with Crippen molar-refractivity contribution in [3.63, 3.8) is 0 Å². The van der Waals surface area contributed by atoms with E-state index < -0.39 is 241 Å². The van der Waals surface area contributed by atoms with Crippen LogP contribution in [-0.4, -0.2) is 323 Å². The quantitative estimate of drug-likeness (QED) is 0.0272. The van der Waals surface area contributed by atoms with Gasteiger partial charge in [0.25, 0.3) is 0 Å². The monoisotopic (exact) mass is 1450 g/mol. The summed E-state index contributed by atoms with van der Waals surface area (Å²) in [5.41, 5.74) is 13.0. The average Bonchev–Trinajstić information content (AvgIpc) is 1.69. The van der Waals surface area contributed by atoms with Crippen LogP contribution in [0.4, 0.5) is 0 Å². The predicted molar refractivity (Wildman–Crippen MR) is 349 cm³/mol. The first-order valence-electron chi connectivity index (χ1n) is 33.1. The molecule has 4 aromatic rings. The Bertz CT molecular complexity index is 3700. The SMILES string of the molecule is C[C@H](c1ccccc1)[C@H]1N=C([O-])C[NH+]=C(O)C(CO)NC(=O)[C@@H]([C@H](O)[C@@H]2CNC(N)=[N+]2[C@@H]2O[C@@H](CO)[C@H](O)[C@H](O)[C@@H]2O)NC(=O)[C@H]([C@H](O)[C@@H]2C[NH+]=C(N)N2)NC(=O)[C@@H](Cc2ccc(O[C@@H]3O[C@H](CO)[C@H](O[C@@H]4O[C@@H](CO)[C@H](O)[C@H](O)[C@@H]4OCOc4ccc5ccccc5c4)[C@@H](O)[C@H]3O)cc2)NC1=O. The Balaban J connectivity index is 0.921. The summed E-state index contributed by atoms with van der Waals surface area (Å²) in [5.74, 6) is -8.17. The number of guanidine groups is 2. The topological polar surface area (TPSA) is 607 Å². The van der Waals surface area contributed by atoms with Crippen LogP contribution in [0.15, 0.2) is 102 Å². The Labute approximate surface area is 586 Å². The van der Waals surface area contributed by atoms with E-state index >= 15 is 9.59 Å². The van der Waals surface area contributed by atoms with E-state index in [2.05, 4.69) is 46.9 Å². The van der Waals surface area contributed by atoms with Crippen molar-refractivity contribution in [2.45, 2.75) is 166 Å². The lowest BCUT2D eigenvalue weighted by Crippen LogP contribution is -2.80. The zero-order chi connectivity index (χ0) is 74.1. The third-order valence-electron chi connectivity index (χ3n) is 18.8. The molecule has 3 saturated heterocycles. The Morgan fingerprint density at radius 3 is 1.92 bits per heavy atom. The van der Waals surface area contributed by atoms with Gasteiger partial charge in [0.05, 0.1) is 33.0 Å². The second kappa shape index (κ2) is 34.3.